The van der Waals surface area contributed by atoms with Crippen molar-refractivity contribution in [3.63, 3.8) is 0 Å². The zero-order valence-corrected chi connectivity index (χ0v) is 18.2. The number of nitrogens with one attached hydrogen (secondary N) is 1. The van der Waals surface area contributed by atoms with Crippen molar-refractivity contribution in [2.45, 2.75) is 26.2 Å². The Bertz CT molecular complexity index is 1430. The first kappa shape index (κ1) is 20.0. The van der Waals surface area contributed by atoms with Crippen molar-refractivity contribution < 1.29 is 0 Å². The van der Waals surface area contributed by atoms with Gasteiger partial charge in [-0.3, -0.25) is 14.9 Å². The molecule has 0 amide bonds. The molecule has 1 N–H and O–H groups in total. The van der Waals surface area contributed by atoms with Crippen LogP contribution in [-0.4, -0.2) is 14.8 Å². The minimum atomic E-state index is -0.0991. The molecule has 3 aromatic carbocycles. The average molecular weight is 420 g/mol. The third-order valence-corrected chi connectivity index (χ3v) is 6.03. The van der Waals surface area contributed by atoms with Crippen molar-refractivity contribution >= 4 is 10.9 Å². The molecule has 158 valence electrons. The Morgan fingerprint density at radius 3 is 2.34 bits per heavy atom. The molecule has 0 bridgehead atoms. The zero-order valence-electron chi connectivity index (χ0n) is 18.2. The lowest BCUT2D eigenvalue weighted by atomic mass is 9.87. The summed E-state index contributed by atoms with van der Waals surface area (Å²) < 4.78 is 1.64. The van der Waals surface area contributed by atoms with Gasteiger partial charge >= 0.3 is 0 Å². The average Bonchev–Trinajstić information content (AvgIpc) is 3.12. The maximum atomic E-state index is 13.6. The van der Waals surface area contributed by atoms with E-state index in [0.717, 1.165) is 39.1 Å². The van der Waals surface area contributed by atoms with Crippen molar-refractivity contribution in [1.82, 2.24) is 14.8 Å². The van der Waals surface area contributed by atoms with Gasteiger partial charge in [-0.25, -0.2) is 4.68 Å². The second kappa shape index (κ2) is 8.31. The van der Waals surface area contributed by atoms with E-state index in [1.807, 2.05) is 55.5 Å². The highest BCUT2D eigenvalue weighted by atomic mass is 16.1. The van der Waals surface area contributed by atoms with Crippen LogP contribution in [0.15, 0.2) is 95.8 Å². The third-order valence-electron chi connectivity index (χ3n) is 6.03. The van der Waals surface area contributed by atoms with E-state index in [1.54, 1.807) is 4.68 Å². The Morgan fingerprint density at radius 2 is 1.56 bits per heavy atom. The van der Waals surface area contributed by atoms with Gasteiger partial charge in [-0.05, 0) is 43.7 Å². The second-order valence-corrected chi connectivity index (χ2v) is 8.29. The summed E-state index contributed by atoms with van der Waals surface area (Å²) in [5.74, 6) is -0.0991. The summed E-state index contributed by atoms with van der Waals surface area (Å²) in [6.07, 6.45) is 0.649. The standard InChI is InChI=1S/C28H25N3O/c1-19-12-14-21(15-13-19)25(18-23-17-16-22-8-6-7-11-26(22)29-23)27-20(2)30-31(28(27)32)24-9-4-3-5-10-24/h3-17,25,30H,18H2,1-2H3. The van der Waals surface area contributed by atoms with Crippen LogP contribution in [0.1, 0.15) is 34.0 Å². The number of aromatic amines is 1. The van der Waals surface area contributed by atoms with Gasteiger partial charge in [0.2, 0.25) is 0 Å². The fourth-order valence-electron chi connectivity index (χ4n) is 4.35. The second-order valence-electron chi connectivity index (χ2n) is 8.29. The summed E-state index contributed by atoms with van der Waals surface area (Å²) in [5.41, 5.74) is 6.74. The predicted molar refractivity (Wildman–Crippen MR) is 130 cm³/mol. The van der Waals surface area contributed by atoms with Crippen molar-refractivity contribution in [2.24, 2.45) is 0 Å². The fraction of sp³-hybridized carbons (Fsp3) is 0.143. The Hall–Kier alpha value is -3.92. The molecule has 0 aliphatic rings. The van der Waals surface area contributed by atoms with E-state index in [4.69, 9.17) is 4.98 Å². The van der Waals surface area contributed by atoms with Crippen molar-refractivity contribution in [2.75, 3.05) is 0 Å². The molecule has 4 heteroatoms. The monoisotopic (exact) mass is 419 g/mol. The Labute approximate surface area is 187 Å². The number of nitrogens with zero attached hydrogens (tertiary/aromatic N) is 2. The van der Waals surface area contributed by atoms with E-state index in [2.05, 4.69) is 54.5 Å². The number of benzene rings is 3. The highest BCUT2D eigenvalue weighted by Gasteiger charge is 2.24. The summed E-state index contributed by atoms with van der Waals surface area (Å²) in [4.78, 5) is 18.5. The number of fused-ring (bicyclic) bond motifs is 1. The molecule has 0 saturated carbocycles. The SMILES string of the molecule is Cc1ccc(C(Cc2ccc3ccccc3n2)c2c(C)[nH]n(-c3ccccc3)c2=O)cc1. The quantitative estimate of drug-likeness (QED) is 0.397. The highest BCUT2D eigenvalue weighted by Crippen LogP contribution is 2.29. The molecule has 5 rings (SSSR count). The number of para-hydroxylation sites is 2. The van der Waals surface area contributed by atoms with Crippen molar-refractivity contribution in [1.29, 1.82) is 0 Å². The van der Waals surface area contributed by atoms with Gasteiger partial charge in [-0.1, -0.05) is 72.3 Å². The normalized spacial score (nSPS) is 12.2. The van der Waals surface area contributed by atoms with Gasteiger partial charge in [0.1, 0.15) is 0 Å². The number of hydrogen-bond donors (Lipinski definition) is 1. The first-order valence-electron chi connectivity index (χ1n) is 10.9. The third kappa shape index (κ3) is 3.76. The molecule has 0 spiro atoms. The Balaban J connectivity index is 1.63. The number of pyridine rings is 1. The summed E-state index contributed by atoms with van der Waals surface area (Å²) in [6, 6.07) is 30.5. The van der Waals surface area contributed by atoms with Crippen LogP contribution in [0.4, 0.5) is 0 Å². The minimum Gasteiger partial charge on any atom is -0.295 e. The number of H-pyrrole nitrogens is 1. The fourth-order valence-corrected chi connectivity index (χ4v) is 4.35. The predicted octanol–water partition coefficient (Wildman–Crippen LogP) is 5.71. The molecule has 1 atom stereocenters. The molecule has 0 fully saturated rings. The van der Waals surface area contributed by atoms with E-state index < -0.39 is 0 Å². The molecule has 2 aromatic heterocycles. The minimum absolute atomic E-state index is 0.0138. The van der Waals surface area contributed by atoms with Crippen LogP contribution in [0.2, 0.25) is 0 Å². The van der Waals surface area contributed by atoms with Crippen LogP contribution in [0.3, 0.4) is 0 Å². The van der Waals surface area contributed by atoms with E-state index >= 15 is 0 Å². The molecular weight excluding hydrogens is 394 g/mol. The maximum Gasteiger partial charge on any atom is 0.275 e. The number of rotatable bonds is 5. The van der Waals surface area contributed by atoms with Gasteiger partial charge in [0.15, 0.2) is 0 Å². The summed E-state index contributed by atoms with van der Waals surface area (Å²) in [7, 11) is 0. The molecule has 0 saturated heterocycles. The lowest BCUT2D eigenvalue weighted by Crippen LogP contribution is -2.21. The van der Waals surface area contributed by atoms with E-state index in [0.29, 0.717) is 6.42 Å². The number of aromatic nitrogens is 3. The van der Waals surface area contributed by atoms with Crippen LogP contribution in [-0.2, 0) is 6.42 Å². The molecule has 4 nitrogen and oxygen atoms in total. The van der Waals surface area contributed by atoms with Gasteiger partial charge in [-0.2, -0.15) is 0 Å². The van der Waals surface area contributed by atoms with E-state index in [9.17, 15) is 4.79 Å². The van der Waals surface area contributed by atoms with Gasteiger partial charge < -0.3 is 0 Å². The summed E-state index contributed by atoms with van der Waals surface area (Å²) >= 11 is 0. The number of hydrogen-bond acceptors (Lipinski definition) is 2. The molecule has 0 radical (unpaired) electrons. The van der Waals surface area contributed by atoms with Crippen molar-refractivity contribution in [3.8, 4) is 5.69 Å². The van der Waals surface area contributed by atoms with Gasteiger partial charge in [-0.15, -0.1) is 0 Å². The van der Waals surface area contributed by atoms with Gasteiger partial charge in [0, 0.05) is 34.7 Å². The molecule has 2 heterocycles. The summed E-state index contributed by atoms with van der Waals surface area (Å²) in [5, 5.41) is 4.41. The number of aryl methyl sites for hydroxylation is 2. The first-order chi connectivity index (χ1) is 15.6. The van der Waals surface area contributed by atoms with Gasteiger partial charge in [0.05, 0.1) is 11.2 Å². The molecule has 1 unspecified atom stereocenters. The van der Waals surface area contributed by atoms with E-state index in [-0.39, 0.29) is 11.5 Å². The van der Waals surface area contributed by atoms with E-state index in [1.165, 1.54) is 5.56 Å². The van der Waals surface area contributed by atoms with Gasteiger partial charge in [0.25, 0.3) is 5.56 Å². The highest BCUT2D eigenvalue weighted by molar-refractivity contribution is 5.78. The lowest BCUT2D eigenvalue weighted by molar-refractivity contribution is 0.771. The topological polar surface area (TPSA) is 50.7 Å². The smallest absolute Gasteiger partial charge is 0.275 e. The molecule has 0 aliphatic carbocycles. The van der Waals surface area contributed by atoms with Crippen LogP contribution < -0.4 is 5.56 Å². The van der Waals surface area contributed by atoms with Crippen LogP contribution in [0, 0.1) is 13.8 Å². The molecule has 5 aromatic rings. The van der Waals surface area contributed by atoms with Crippen LogP contribution in [0.5, 0.6) is 0 Å². The lowest BCUT2D eigenvalue weighted by Gasteiger charge is -2.17. The summed E-state index contributed by atoms with van der Waals surface area (Å²) in [6.45, 7) is 4.05. The van der Waals surface area contributed by atoms with Crippen LogP contribution in [0.25, 0.3) is 16.6 Å². The molecular formula is C28H25N3O. The Kier molecular flexibility index (Phi) is 5.20. The molecule has 0 aliphatic heterocycles. The largest absolute Gasteiger partial charge is 0.295 e. The molecule has 32 heavy (non-hydrogen) atoms. The van der Waals surface area contributed by atoms with Crippen LogP contribution >= 0.6 is 0 Å². The first-order valence-corrected chi connectivity index (χ1v) is 10.9. The maximum absolute atomic E-state index is 13.6. The zero-order chi connectivity index (χ0) is 22.1. The van der Waals surface area contributed by atoms with Crippen molar-refractivity contribution in [3.05, 3.63) is 129 Å². The Morgan fingerprint density at radius 1 is 0.844 bits per heavy atom.